The van der Waals surface area contributed by atoms with Crippen LogP contribution >= 0.6 is 0 Å². The molecule has 1 aromatic rings. The minimum Gasteiger partial charge on any atom is -0.378 e. The number of benzene rings is 1. The standard InChI is InChI=1S/C13H15O/c1-3-13(14,4-2)11-10-12-8-6-5-7-9-12/h6-9,14H,3-4H2,1-2H3. The van der Waals surface area contributed by atoms with Gasteiger partial charge in [0.05, 0.1) is 0 Å². The van der Waals surface area contributed by atoms with Crippen LogP contribution in [-0.2, 0) is 0 Å². The highest BCUT2D eigenvalue weighted by molar-refractivity contribution is 5.35. The van der Waals surface area contributed by atoms with E-state index in [0.717, 1.165) is 5.56 Å². The SMILES string of the molecule is CCC(O)(C#Cc1cc[c]cc1)CC. The van der Waals surface area contributed by atoms with Gasteiger partial charge in [-0.15, -0.1) is 0 Å². The summed E-state index contributed by atoms with van der Waals surface area (Å²) in [5.41, 5.74) is 0.0867. The minimum absolute atomic E-state index is 0.662. The van der Waals surface area contributed by atoms with Gasteiger partial charge in [-0.2, -0.15) is 0 Å². The van der Waals surface area contributed by atoms with Crippen LogP contribution < -0.4 is 0 Å². The van der Waals surface area contributed by atoms with Gasteiger partial charge in [0.25, 0.3) is 0 Å². The van der Waals surface area contributed by atoms with Gasteiger partial charge in [-0.3, -0.25) is 0 Å². The maximum Gasteiger partial charge on any atom is 0.125 e. The number of rotatable bonds is 2. The molecule has 73 valence electrons. The van der Waals surface area contributed by atoms with Gasteiger partial charge in [-0.1, -0.05) is 37.8 Å². The average Bonchev–Trinajstić information content (AvgIpc) is 2.27. The lowest BCUT2D eigenvalue weighted by Crippen LogP contribution is -2.23. The van der Waals surface area contributed by atoms with E-state index in [1.54, 1.807) is 0 Å². The van der Waals surface area contributed by atoms with E-state index in [0.29, 0.717) is 12.8 Å². The second-order valence-corrected chi connectivity index (χ2v) is 3.28. The molecule has 0 amide bonds. The molecule has 1 nitrogen and oxygen atoms in total. The molecule has 0 atom stereocenters. The van der Waals surface area contributed by atoms with E-state index in [9.17, 15) is 5.11 Å². The van der Waals surface area contributed by atoms with E-state index in [4.69, 9.17) is 0 Å². The first-order valence-corrected chi connectivity index (χ1v) is 4.92. The second kappa shape index (κ2) is 4.83. The van der Waals surface area contributed by atoms with E-state index in [1.807, 2.05) is 38.1 Å². The van der Waals surface area contributed by atoms with Gasteiger partial charge in [0.2, 0.25) is 0 Å². The van der Waals surface area contributed by atoms with Crippen molar-refractivity contribution in [3.05, 3.63) is 35.9 Å². The number of hydrogen-bond donors (Lipinski definition) is 1. The van der Waals surface area contributed by atoms with Gasteiger partial charge < -0.3 is 5.11 Å². The predicted molar refractivity (Wildman–Crippen MR) is 57.7 cm³/mol. The summed E-state index contributed by atoms with van der Waals surface area (Å²) in [7, 11) is 0. The van der Waals surface area contributed by atoms with E-state index in [1.165, 1.54) is 0 Å². The minimum atomic E-state index is -0.834. The molecule has 14 heavy (non-hydrogen) atoms. The molecular formula is C13H15O. The Bertz CT molecular complexity index is 325. The van der Waals surface area contributed by atoms with Crippen LogP contribution in [0.2, 0.25) is 0 Å². The Balaban J connectivity index is 2.82. The van der Waals surface area contributed by atoms with Crippen molar-refractivity contribution in [1.82, 2.24) is 0 Å². The fourth-order valence-corrected chi connectivity index (χ4v) is 1.09. The van der Waals surface area contributed by atoms with Crippen molar-refractivity contribution >= 4 is 0 Å². The predicted octanol–water partition coefficient (Wildman–Crippen LogP) is 2.39. The second-order valence-electron chi connectivity index (χ2n) is 3.28. The first kappa shape index (κ1) is 10.8. The third-order valence-electron chi connectivity index (χ3n) is 2.33. The fraction of sp³-hybridized carbons (Fsp3) is 0.385. The molecule has 1 N–H and O–H groups in total. The van der Waals surface area contributed by atoms with Crippen molar-refractivity contribution in [2.45, 2.75) is 32.3 Å². The molecule has 1 radical (unpaired) electrons. The van der Waals surface area contributed by atoms with E-state index < -0.39 is 5.60 Å². The zero-order valence-electron chi connectivity index (χ0n) is 8.67. The summed E-state index contributed by atoms with van der Waals surface area (Å²) in [5.74, 6) is 5.87. The Labute approximate surface area is 85.8 Å². The summed E-state index contributed by atoms with van der Waals surface area (Å²) in [6.45, 7) is 3.88. The molecule has 0 aliphatic carbocycles. The van der Waals surface area contributed by atoms with Crippen LogP contribution in [0, 0.1) is 17.9 Å². The molecule has 0 aliphatic heterocycles. The molecule has 1 rings (SSSR count). The fourth-order valence-electron chi connectivity index (χ4n) is 1.09. The molecule has 0 bridgehead atoms. The zero-order chi connectivity index (χ0) is 10.4. The normalized spacial score (nSPS) is 10.5. The number of aliphatic hydroxyl groups is 1. The topological polar surface area (TPSA) is 20.2 Å². The van der Waals surface area contributed by atoms with Gasteiger partial charge >= 0.3 is 0 Å². The maximum absolute atomic E-state index is 9.91. The van der Waals surface area contributed by atoms with Crippen LogP contribution in [0.1, 0.15) is 32.3 Å². The summed E-state index contributed by atoms with van der Waals surface area (Å²) in [4.78, 5) is 0. The molecule has 0 heterocycles. The van der Waals surface area contributed by atoms with Crippen molar-refractivity contribution in [3.63, 3.8) is 0 Å². The summed E-state index contributed by atoms with van der Waals surface area (Å²) in [6.07, 6.45) is 1.32. The van der Waals surface area contributed by atoms with Gasteiger partial charge in [0, 0.05) is 5.56 Å². The highest BCUT2D eigenvalue weighted by Gasteiger charge is 2.17. The van der Waals surface area contributed by atoms with Crippen molar-refractivity contribution < 1.29 is 5.11 Å². The Morgan fingerprint density at radius 3 is 2.36 bits per heavy atom. The molecule has 0 saturated carbocycles. The van der Waals surface area contributed by atoms with Gasteiger partial charge in [0.15, 0.2) is 0 Å². The highest BCUT2D eigenvalue weighted by atomic mass is 16.3. The lowest BCUT2D eigenvalue weighted by Gasteiger charge is -2.16. The average molecular weight is 187 g/mol. The van der Waals surface area contributed by atoms with E-state index in [2.05, 4.69) is 17.9 Å². The number of hydrogen-bond acceptors (Lipinski definition) is 1. The molecule has 0 unspecified atom stereocenters. The van der Waals surface area contributed by atoms with Crippen molar-refractivity contribution in [1.29, 1.82) is 0 Å². The molecule has 1 aromatic carbocycles. The monoisotopic (exact) mass is 187 g/mol. The van der Waals surface area contributed by atoms with Crippen molar-refractivity contribution in [3.8, 4) is 11.8 Å². The molecule has 0 spiro atoms. The summed E-state index contributed by atoms with van der Waals surface area (Å²) >= 11 is 0. The van der Waals surface area contributed by atoms with Crippen LogP contribution in [0.25, 0.3) is 0 Å². The Morgan fingerprint density at radius 2 is 1.86 bits per heavy atom. The van der Waals surface area contributed by atoms with E-state index >= 15 is 0 Å². The summed E-state index contributed by atoms with van der Waals surface area (Å²) in [5, 5.41) is 9.91. The van der Waals surface area contributed by atoms with Crippen molar-refractivity contribution in [2.75, 3.05) is 0 Å². The first-order valence-electron chi connectivity index (χ1n) is 4.92. The molecule has 0 aliphatic rings. The lowest BCUT2D eigenvalue weighted by atomic mass is 9.98. The molecule has 0 aromatic heterocycles. The van der Waals surface area contributed by atoms with Crippen LogP contribution in [0.3, 0.4) is 0 Å². The maximum atomic E-state index is 9.91. The summed E-state index contributed by atoms with van der Waals surface area (Å²) < 4.78 is 0. The van der Waals surface area contributed by atoms with Crippen molar-refractivity contribution in [2.24, 2.45) is 0 Å². The van der Waals surface area contributed by atoms with Gasteiger partial charge in [0.1, 0.15) is 5.60 Å². The largest absolute Gasteiger partial charge is 0.378 e. The Kier molecular flexibility index (Phi) is 3.73. The first-order chi connectivity index (χ1) is 6.70. The lowest BCUT2D eigenvalue weighted by molar-refractivity contribution is 0.0931. The van der Waals surface area contributed by atoms with Crippen LogP contribution in [0.4, 0.5) is 0 Å². The molecule has 0 saturated heterocycles. The molecular weight excluding hydrogens is 172 g/mol. The third kappa shape index (κ3) is 2.90. The highest BCUT2D eigenvalue weighted by Crippen LogP contribution is 2.12. The van der Waals surface area contributed by atoms with Crippen LogP contribution in [0.15, 0.2) is 24.3 Å². The third-order valence-corrected chi connectivity index (χ3v) is 2.33. The Hall–Kier alpha value is -1.26. The zero-order valence-corrected chi connectivity index (χ0v) is 8.67. The van der Waals surface area contributed by atoms with Gasteiger partial charge in [-0.05, 0) is 31.0 Å². The van der Waals surface area contributed by atoms with Gasteiger partial charge in [-0.25, -0.2) is 0 Å². The quantitative estimate of drug-likeness (QED) is 0.705. The smallest absolute Gasteiger partial charge is 0.125 e. The summed E-state index contributed by atoms with van der Waals surface area (Å²) in [6, 6.07) is 10.3. The molecule has 0 fully saturated rings. The van der Waals surface area contributed by atoms with E-state index in [-0.39, 0.29) is 0 Å². The van der Waals surface area contributed by atoms with Crippen LogP contribution in [0.5, 0.6) is 0 Å². The Morgan fingerprint density at radius 1 is 1.29 bits per heavy atom. The van der Waals surface area contributed by atoms with Crippen LogP contribution in [-0.4, -0.2) is 10.7 Å². The molecule has 1 heteroatoms.